The number of carbonyl (C=O) groups excluding carboxylic acids is 1. The third-order valence-electron chi connectivity index (χ3n) is 6.25. The maximum absolute atomic E-state index is 13.8. The van der Waals surface area contributed by atoms with Crippen molar-refractivity contribution in [2.75, 3.05) is 5.73 Å². The molecule has 7 atom stereocenters. The fourth-order valence-electron chi connectivity index (χ4n) is 4.39. The highest BCUT2D eigenvalue weighted by Crippen LogP contribution is 2.61. The topological polar surface area (TPSA) is 180 Å². The van der Waals surface area contributed by atoms with Crippen LogP contribution in [0.15, 0.2) is 42.9 Å². The number of rotatable bonds is 9. The van der Waals surface area contributed by atoms with E-state index in [-0.39, 0.29) is 16.6 Å². The number of aliphatic hydroxyl groups excluding tert-OH is 1. The van der Waals surface area contributed by atoms with E-state index in [4.69, 9.17) is 35.9 Å². The zero-order valence-electron chi connectivity index (χ0n) is 20.6. The molecule has 15 heteroatoms. The van der Waals surface area contributed by atoms with E-state index in [0.29, 0.717) is 11.0 Å². The Morgan fingerprint density at radius 2 is 2.00 bits per heavy atom. The maximum Gasteiger partial charge on any atom is 0.459 e. The van der Waals surface area contributed by atoms with Gasteiger partial charge in [-0.05, 0) is 32.9 Å². The third kappa shape index (κ3) is 4.64. The number of esters is 1. The van der Waals surface area contributed by atoms with Gasteiger partial charge in [-0.2, -0.15) is 5.09 Å². The fraction of sp³-hybridized carbons (Fsp3) is 0.435. The Bertz CT molecular complexity index is 1410. The lowest BCUT2D eigenvalue weighted by Gasteiger charge is -2.27. The van der Waals surface area contributed by atoms with Gasteiger partial charge in [0.1, 0.15) is 47.9 Å². The number of hydrogen-bond donors (Lipinski definition) is 4. The number of nitrogens with zero attached hydrogens (tertiary/aromatic N) is 3. The average Bonchev–Trinajstić information content (AvgIpc) is 3.10. The molecule has 38 heavy (non-hydrogen) atoms. The summed E-state index contributed by atoms with van der Waals surface area (Å²) in [5.74, 6) is -0.341. The average molecular weight is 568 g/mol. The van der Waals surface area contributed by atoms with Gasteiger partial charge < -0.3 is 34.5 Å². The summed E-state index contributed by atoms with van der Waals surface area (Å²) in [6.07, 6.45) is -2.66. The van der Waals surface area contributed by atoms with Crippen LogP contribution in [0.2, 0.25) is 5.02 Å². The number of nitrogen functional groups attached to an aromatic ring is 1. The Balaban J connectivity index is 1.37. The zero-order chi connectivity index (χ0) is 27.4. The van der Waals surface area contributed by atoms with Crippen molar-refractivity contribution in [3.8, 4) is 5.75 Å². The number of nitrogens with two attached hydrogens (primary N) is 1. The van der Waals surface area contributed by atoms with Crippen molar-refractivity contribution in [2.24, 2.45) is 0 Å². The Morgan fingerprint density at radius 1 is 1.29 bits per heavy atom. The fourth-order valence-corrected chi connectivity index (χ4v) is 6.39. The van der Waals surface area contributed by atoms with Crippen LogP contribution in [-0.4, -0.2) is 66.8 Å². The van der Waals surface area contributed by atoms with Gasteiger partial charge in [0.15, 0.2) is 11.8 Å². The molecule has 2 fully saturated rings. The quantitative estimate of drug-likeness (QED) is 0.219. The van der Waals surface area contributed by atoms with Crippen LogP contribution >= 0.6 is 19.3 Å². The highest BCUT2D eigenvalue weighted by molar-refractivity contribution is 7.52. The number of nitrogens with one attached hydrogen (secondary N) is 1. The molecular formula is C23H27ClN5O8P. The van der Waals surface area contributed by atoms with Gasteiger partial charge in [0.2, 0.25) is 0 Å². The predicted molar refractivity (Wildman–Crippen MR) is 135 cm³/mol. The van der Waals surface area contributed by atoms with Crippen LogP contribution in [0.3, 0.4) is 0 Å². The molecule has 5 rings (SSSR count). The van der Waals surface area contributed by atoms with Gasteiger partial charge >= 0.3 is 13.7 Å². The molecule has 0 radical (unpaired) electrons. The van der Waals surface area contributed by atoms with E-state index in [0.717, 1.165) is 0 Å². The van der Waals surface area contributed by atoms with E-state index in [1.165, 1.54) is 24.0 Å². The summed E-state index contributed by atoms with van der Waals surface area (Å²) in [6, 6.07) is 7.08. The standard InChI is InChI=1S/C23H27ClN5O8P/c1-11(2)34-22(31)12(3)28-38(33,36-13-7-5-4-6-8-13)37-18-17-23(18,32)16(30)21(35-17)29-9-14(24)15-19(25)26-10-27-20(15)29/h4-12,16-18,21,30,32H,1-3H3,(H,28,33)(H2,25,26,27)/t12-,16+,17-,18?,21-,23-,38?/m1/s1. The lowest BCUT2D eigenvalue weighted by molar-refractivity contribution is -0.149. The predicted octanol–water partition coefficient (Wildman–Crippen LogP) is 2.17. The third-order valence-corrected chi connectivity index (χ3v) is 8.20. The van der Waals surface area contributed by atoms with Crippen molar-refractivity contribution >= 4 is 42.2 Å². The van der Waals surface area contributed by atoms with Crippen molar-refractivity contribution in [3.05, 3.63) is 47.9 Å². The first-order chi connectivity index (χ1) is 17.9. The molecule has 3 aromatic rings. The second-order valence-corrected chi connectivity index (χ2v) is 11.4. The summed E-state index contributed by atoms with van der Waals surface area (Å²) >= 11 is 6.28. The summed E-state index contributed by atoms with van der Waals surface area (Å²) in [7, 11) is -4.31. The minimum absolute atomic E-state index is 0.145. The molecule has 0 spiro atoms. The molecule has 13 nitrogen and oxygen atoms in total. The van der Waals surface area contributed by atoms with E-state index >= 15 is 0 Å². The molecule has 2 unspecified atom stereocenters. The van der Waals surface area contributed by atoms with Crippen LogP contribution in [-0.2, 0) is 23.4 Å². The molecule has 1 saturated heterocycles. The van der Waals surface area contributed by atoms with Gasteiger partial charge in [0, 0.05) is 6.20 Å². The van der Waals surface area contributed by atoms with Gasteiger partial charge in [-0.15, -0.1) is 0 Å². The van der Waals surface area contributed by atoms with Gasteiger partial charge in [0.05, 0.1) is 16.5 Å². The van der Waals surface area contributed by atoms with Gasteiger partial charge in [-0.25, -0.2) is 14.5 Å². The molecule has 1 aliphatic heterocycles. The number of carbonyl (C=O) groups is 1. The van der Waals surface area contributed by atoms with Crippen molar-refractivity contribution < 1.29 is 38.1 Å². The number of para-hydroxylation sites is 1. The zero-order valence-corrected chi connectivity index (χ0v) is 22.2. The highest BCUT2D eigenvalue weighted by atomic mass is 35.5. The first-order valence-electron chi connectivity index (χ1n) is 11.8. The Hall–Kier alpha value is -2.77. The number of anilines is 1. The Kier molecular flexibility index (Phi) is 6.89. The van der Waals surface area contributed by atoms with Gasteiger partial charge in [-0.1, -0.05) is 29.8 Å². The van der Waals surface area contributed by atoms with E-state index in [2.05, 4.69) is 15.1 Å². The minimum Gasteiger partial charge on any atom is -0.462 e. The van der Waals surface area contributed by atoms with E-state index in [1.54, 1.807) is 44.2 Å². The van der Waals surface area contributed by atoms with Crippen LogP contribution in [0, 0.1) is 0 Å². The summed E-state index contributed by atoms with van der Waals surface area (Å²) in [5.41, 5.74) is 4.26. The first-order valence-corrected chi connectivity index (χ1v) is 13.7. The van der Waals surface area contributed by atoms with Crippen molar-refractivity contribution in [2.45, 2.75) is 63.1 Å². The summed E-state index contributed by atoms with van der Waals surface area (Å²) in [5, 5.41) is 25.5. The summed E-state index contributed by atoms with van der Waals surface area (Å²) in [6.45, 7) is 4.80. The van der Waals surface area contributed by atoms with Crippen LogP contribution in [0.5, 0.6) is 5.75 Å². The lowest BCUT2D eigenvalue weighted by Crippen LogP contribution is -2.39. The second kappa shape index (κ2) is 9.76. The number of aliphatic hydroxyl groups is 2. The molecule has 0 amide bonds. The normalized spacial score (nSPS) is 28.6. The molecular weight excluding hydrogens is 541 g/mol. The second-order valence-electron chi connectivity index (χ2n) is 9.39. The SMILES string of the molecule is CC(C)OC(=O)[C@@H](C)NP(=O)(Oc1ccccc1)OC1[C@H]2O[C@@H](n3cc(Cl)c4c(N)ncnc43)[C@H](O)[C@]12O. The maximum atomic E-state index is 13.8. The van der Waals surface area contributed by atoms with Crippen LogP contribution in [0.4, 0.5) is 5.82 Å². The van der Waals surface area contributed by atoms with E-state index < -0.39 is 56.0 Å². The smallest absolute Gasteiger partial charge is 0.459 e. The molecule has 1 saturated carbocycles. The monoisotopic (exact) mass is 567 g/mol. The Morgan fingerprint density at radius 3 is 2.63 bits per heavy atom. The molecule has 2 aromatic heterocycles. The lowest BCUT2D eigenvalue weighted by atomic mass is 10.1. The number of aromatic nitrogens is 3. The Labute approximate surface area is 222 Å². The highest BCUT2D eigenvalue weighted by Gasteiger charge is 2.79. The minimum atomic E-state index is -4.31. The summed E-state index contributed by atoms with van der Waals surface area (Å²) in [4.78, 5) is 20.4. The number of fused-ring (bicyclic) bond motifs is 2. The van der Waals surface area contributed by atoms with Crippen molar-refractivity contribution in [1.29, 1.82) is 0 Å². The molecule has 0 bridgehead atoms. The number of hydrogen-bond acceptors (Lipinski definition) is 11. The van der Waals surface area contributed by atoms with Gasteiger partial charge in [0.25, 0.3) is 0 Å². The largest absolute Gasteiger partial charge is 0.462 e. The van der Waals surface area contributed by atoms with Crippen molar-refractivity contribution in [1.82, 2.24) is 19.6 Å². The molecule has 204 valence electrons. The van der Waals surface area contributed by atoms with E-state index in [1.807, 2.05) is 0 Å². The first kappa shape index (κ1) is 26.8. The van der Waals surface area contributed by atoms with Crippen LogP contribution in [0.1, 0.15) is 27.0 Å². The van der Waals surface area contributed by atoms with Gasteiger partial charge in [-0.3, -0.25) is 9.32 Å². The molecule has 3 heterocycles. The molecule has 1 aromatic carbocycles. The number of halogens is 1. The molecule has 5 N–H and O–H groups in total. The van der Waals surface area contributed by atoms with Crippen molar-refractivity contribution in [3.63, 3.8) is 0 Å². The number of ether oxygens (including phenoxy) is 2. The number of benzene rings is 1. The molecule has 1 aliphatic carbocycles. The van der Waals surface area contributed by atoms with Crippen LogP contribution in [0.25, 0.3) is 11.0 Å². The van der Waals surface area contributed by atoms with E-state index in [9.17, 15) is 19.6 Å². The van der Waals surface area contributed by atoms with Crippen LogP contribution < -0.4 is 15.3 Å². The molecule has 2 aliphatic rings. The summed E-state index contributed by atoms with van der Waals surface area (Å²) < 4.78 is 37.6.